The van der Waals surface area contributed by atoms with Crippen molar-refractivity contribution >= 4 is 5.91 Å². The van der Waals surface area contributed by atoms with Crippen molar-refractivity contribution in [2.75, 3.05) is 53.1 Å². The van der Waals surface area contributed by atoms with Gasteiger partial charge in [0.2, 0.25) is 5.91 Å². The summed E-state index contributed by atoms with van der Waals surface area (Å²) in [6, 6.07) is 8.22. The number of ether oxygens (including phenoxy) is 3. The minimum absolute atomic E-state index is 0.0289. The molecule has 2 heterocycles. The van der Waals surface area contributed by atoms with E-state index in [1.54, 1.807) is 11.1 Å². The van der Waals surface area contributed by atoms with E-state index in [0.29, 0.717) is 19.8 Å². The van der Waals surface area contributed by atoms with Crippen molar-refractivity contribution in [3.05, 3.63) is 48.0 Å². The van der Waals surface area contributed by atoms with Crippen LogP contribution in [0.4, 0.5) is 0 Å². The van der Waals surface area contributed by atoms with Crippen LogP contribution >= 0.6 is 0 Å². The standard InChI is InChI=1S/C28H44N4O6/c1-22-29-11-15-31(22)16-18-38-25-9-7-24(8-10-25)19-30-12-4-5-17-37-21-26(34)28(35)27(36-3)20-32(23(2)33)14-6-13-30/h7-11,15,26-28,34-35H,4-6,12-14,16-21H2,1-3H3/t26-,27-,28-/m0/s1. The molecule has 2 N–H and O–H groups in total. The minimum atomic E-state index is -1.13. The maximum Gasteiger partial charge on any atom is 0.219 e. The lowest BCUT2D eigenvalue weighted by molar-refractivity contribution is -0.136. The van der Waals surface area contributed by atoms with Crippen LogP contribution in [0.15, 0.2) is 36.7 Å². The fraction of sp³-hybridized carbons (Fsp3) is 0.643. The van der Waals surface area contributed by atoms with Gasteiger partial charge in [0.1, 0.15) is 36.5 Å². The second-order valence-corrected chi connectivity index (χ2v) is 9.87. The molecule has 1 aromatic carbocycles. The monoisotopic (exact) mass is 532 g/mol. The summed E-state index contributed by atoms with van der Waals surface area (Å²) in [6.07, 6.45) is 3.45. The molecule has 1 aliphatic rings. The Balaban J connectivity index is 1.56. The largest absolute Gasteiger partial charge is 0.492 e. The number of benzene rings is 1. The van der Waals surface area contributed by atoms with Crippen molar-refractivity contribution in [1.82, 2.24) is 19.4 Å². The number of amides is 1. The van der Waals surface area contributed by atoms with Crippen LogP contribution in [0.5, 0.6) is 5.75 Å². The number of imidazole rings is 1. The number of aliphatic hydroxyl groups excluding tert-OH is 2. The van der Waals surface area contributed by atoms with Gasteiger partial charge in [0.25, 0.3) is 0 Å². The Morgan fingerprint density at radius 1 is 1.13 bits per heavy atom. The van der Waals surface area contributed by atoms with Crippen molar-refractivity contribution in [1.29, 1.82) is 0 Å². The molecule has 3 atom stereocenters. The third-order valence-corrected chi connectivity index (χ3v) is 6.98. The number of aryl methyl sites for hydroxylation is 1. The zero-order valence-corrected chi connectivity index (χ0v) is 23.0. The van der Waals surface area contributed by atoms with Gasteiger partial charge in [0, 0.05) is 59.2 Å². The Morgan fingerprint density at radius 2 is 1.89 bits per heavy atom. The number of methoxy groups -OCH3 is 1. The summed E-state index contributed by atoms with van der Waals surface area (Å²) in [7, 11) is 1.48. The average molecular weight is 533 g/mol. The second-order valence-electron chi connectivity index (χ2n) is 9.87. The van der Waals surface area contributed by atoms with E-state index >= 15 is 0 Å². The zero-order chi connectivity index (χ0) is 27.3. The summed E-state index contributed by atoms with van der Waals surface area (Å²) in [5, 5.41) is 20.8. The fourth-order valence-electron chi connectivity index (χ4n) is 4.61. The lowest BCUT2D eigenvalue weighted by Gasteiger charge is -2.31. The number of hydrogen-bond acceptors (Lipinski definition) is 8. The highest BCUT2D eigenvalue weighted by Crippen LogP contribution is 2.16. The molecule has 1 saturated heterocycles. The third-order valence-electron chi connectivity index (χ3n) is 6.98. The number of aliphatic hydroxyl groups is 2. The predicted octanol–water partition coefficient (Wildman–Crippen LogP) is 1.86. The topological polar surface area (TPSA) is 110 Å². The molecule has 0 aliphatic carbocycles. The molecule has 1 fully saturated rings. The van der Waals surface area contributed by atoms with Gasteiger partial charge in [-0.05, 0) is 50.4 Å². The van der Waals surface area contributed by atoms with Gasteiger partial charge in [-0.15, -0.1) is 0 Å². The van der Waals surface area contributed by atoms with E-state index < -0.39 is 18.3 Å². The molecule has 2 aromatic rings. The maximum atomic E-state index is 12.3. The van der Waals surface area contributed by atoms with Crippen molar-refractivity contribution in [2.24, 2.45) is 0 Å². The van der Waals surface area contributed by atoms with Crippen LogP contribution in [-0.2, 0) is 27.4 Å². The molecule has 3 rings (SSSR count). The van der Waals surface area contributed by atoms with Gasteiger partial charge in [0.05, 0.1) is 13.2 Å². The fourth-order valence-corrected chi connectivity index (χ4v) is 4.61. The van der Waals surface area contributed by atoms with Gasteiger partial charge in [-0.2, -0.15) is 0 Å². The molecule has 38 heavy (non-hydrogen) atoms. The van der Waals surface area contributed by atoms with Gasteiger partial charge in [-0.1, -0.05) is 12.1 Å². The van der Waals surface area contributed by atoms with Gasteiger partial charge >= 0.3 is 0 Å². The molecule has 0 bridgehead atoms. The number of carbonyl (C=O) groups excluding carboxylic acids is 1. The molecule has 212 valence electrons. The first-order valence-electron chi connectivity index (χ1n) is 13.5. The molecule has 1 aromatic heterocycles. The van der Waals surface area contributed by atoms with Crippen LogP contribution in [0.3, 0.4) is 0 Å². The molecule has 0 spiro atoms. The van der Waals surface area contributed by atoms with E-state index in [1.165, 1.54) is 19.6 Å². The maximum absolute atomic E-state index is 12.3. The van der Waals surface area contributed by atoms with Gasteiger partial charge < -0.3 is 33.9 Å². The second kappa shape index (κ2) is 15.8. The van der Waals surface area contributed by atoms with Gasteiger partial charge in [0.15, 0.2) is 0 Å². The molecule has 1 aliphatic heterocycles. The lowest BCUT2D eigenvalue weighted by atomic mass is 10.1. The molecule has 1 amide bonds. The lowest BCUT2D eigenvalue weighted by Crippen LogP contribution is -2.48. The first-order chi connectivity index (χ1) is 18.4. The van der Waals surface area contributed by atoms with E-state index in [0.717, 1.165) is 57.0 Å². The molecule has 0 radical (unpaired) electrons. The van der Waals surface area contributed by atoms with E-state index in [2.05, 4.69) is 26.6 Å². The number of nitrogens with zero attached hydrogens (tertiary/aromatic N) is 4. The SMILES string of the molecule is CO[C@H]1CN(C(C)=O)CCCN(Cc2ccc(OCCn3ccnc3C)cc2)CCCCOC[C@H](O)[C@@H]1O. The van der Waals surface area contributed by atoms with Crippen molar-refractivity contribution in [2.45, 2.75) is 64.5 Å². The first kappa shape index (κ1) is 30.0. The van der Waals surface area contributed by atoms with E-state index in [4.69, 9.17) is 14.2 Å². The molecule has 0 unspecified atom stereocenters. The molecule has 10 heteroatoms. The average Bonchev–Trinajstić information content (AvgIpc) is 3.31. The summed E-state index contributed by atoms with van der Waals surface area (Å²) >= 11 is 0. The van der Waals surface area contributed by atoms with Gasteiger partial charge in [-0.25, -0.2) is 4.98 Å². The molecule has 10 nitrogen and oxygen atoms in total. The zero-order valence-electron chi connectivity index (χ0n) is 23.0. The quantitative estimate of drug-likeness (QED) is 0.556. The number of carbonyl (C=O) groups is 1. The van der Waals surface area contributed by atoms with E-state index in [1.807, 2.05) is 25.3 Å². The van der Waals surface area contributed by atoms with Crippen LogP contribution in [0, 0.1) is 6.92 Å². The summed E-state index contributed by atoms with van der Waals surface area (Å²) < 4.78 is 19.0. The highest BCUT2D eigenvalue weighted by Gasteiger charge is 2.29. The van der Waals surface area contributed by atoms with E-state index in [-0.39, 0.29) is 19.1 Å². The highest BCUT2D eigenvalue weighted by atomic mass is 16.5. The number of hydrogen-bond donors (Lipinski definition) is 2. The smallest absolute Gasteiger partial charge is 0.219 e. The van der Waals surface area contributed by atoms with Crippen LogP contribution in [0.1, 0.15) is 37.6 Å². The van der Waals surface area contributed by atoms with Crippen molar-refractivity contribution in [3.8, 4) is 5.75 Å². The normalized spacial score (nSPS) is 23.0. The highest BCUT2D eigenvalue weighted by molar-refractivity contribution is 5.73. The van der Waals surface area contributed by atoms with E-state index in [9.17, 15) is 15.0 Å². The van der Waals surface area contributed by atoms with Crippen LogP contribution in [-0.4, -0.2) is 107 Å². The molecular weight excluding hydrogens is 488 g/mol. The van der Waals surface area contributed by atoms with Crippen molar-refractivity contribution in [3.63, 3.8) is 0 Å². The Kier molecular flexibility index (Phi) is 12.5. The summed E-state index contributed by atoms with van der Waals surface area (Å²) in [4.78, 5) is 20.6. The van der Waals surface area contributed by atoms with Crippen molar-refractivity contribution < 1.29 is 29.2 Å². The van der Waals surface area contributed by atoms with Crippen LogP contribution in [0.2, 0.25) is 0 Å². The Hall–Kier alpha value is -2.50. The van der Waals surface area contributed by atoms with Crippen LogP contribution in [0.25, 0.3) is 0 Å². The van der Waals surface area contributed by atoms with Gasteiger partial charge in [-0.3, -0.25) is 9.69 Å². The minimum Gasteiger partial charge on any atom is -0.492 e. The Labute approximate surface area is 226 Å². The Morgan fingerprint density at radius 3 is 2.58 bits per heavy atom. The first-order valence-corrected chi connectivity index (χ1v) is 13.5. The molecule has 0 saturated carbocycles. The number of rotatable bonds is 7. The summed E-state index contributed by atoms with van der Waals surface area (Å²) in [5.41, 5.74) is 1.20. The van der Waals surface area contributed by atoms with Crippen LogP contribution < -0.4 is 4.74 Å². The molecular formula is C28H44N4O6. The predicted molar refractivity (Wildman–Crippen MR) is 144 cm³/mol. The number of aromatic nitrogens is 2. The Bertz CT molecular complexity index is 953. The summed E-state index contributed by atoms with van der Waals surface area (Å²) in [6.45, 7) is 8.67. The summed E-state index contributed by atoms with van der Waals surface area (Å²) in [5.74, 6) is 1.73. The third kappa shape index (κ3) is 9.67.